The number of nitrogens with one attached hydrogen (secondary N) is 1. The molecule has 0 heterocycles. The lowest BCUT2D eigenvalue weighted by atomic mass is 10.1. The zero-order valence-electron chi connectivity index (χ0n) is 11.5. The van der Waals surface area contributed by atoms with E-state index in [0.29, 0.717) is 23.6 Å². The Bertz CT molecular complexity index is 668. The van der Waals surface area contributed by atoms with Crippen LogP contribution in [0.3, 0.4) is 0 Å². The molecule has 2 aromatic carbocycles. The van der Waals surface area contributed by atoms with Gasteiger partial charge in [-0.05, 0) is 42.8 Å². The van der Waals surface area contributed by atoms with Crippen molar-refractivity contribution >= 4 is 5.69 Å². The molecule has 21 heavy (non-hydrogen) atoms. The van der Waals surface area contributed by atoms with Crippen LogP contribution >= 0.6 is 0 Å². The number of aromatic hydroxyl groups is 1. The minimum absolute atomic E-state index is 0.0167. The molecule has 0 saturated carbocycles. The van der Waals surface area contributed by atoms with Crippen LogP contribution in [0.15, 0.2) is 42.5 Å². The molecule has 0 aliphatic carbocycles. The molecule has 0 aromatic heterocycles. The van der Waals surface area contributed by atoms with Crippen LogP contribution in [0.25, 0.3) is 0 Å². The fraction of sp³-hybridized carbons (Fsp3) is 0.188. The summed E-state index contributed by atoms with van der Waals surface area (Å²) in [6.07, 6.45) is 0. The molecule has 108 valence electrons. The van der Waals surface area contributed by atoms with Gasteiger partial charge in [-0.25, -0.2) is 4.39 Å². The predicted octanol–water partition coefficient (Wildman–Crippen LogP) is 3.61. The highest BCUT2D eigenvalue weighted by Gasteiger charge is 2.13. The lowest BCUT2D eigenvalue weighted by Gasteiger charge is -2.15. The highest BCUT2D eigenvalue weighted by atomic mass is 19.1. The number of phenolic OH excluding ortho intramolecular Hbond substituents is 1. The lowest BCUT2D eigenvalue weighted by Crippen LogP contribution is -2.09. The number of benzene rings is 2. The molecule has 4 nitrogen and oxygen atoms in total. The van der Waals surface area contributed by atoms with Crippen molar-refractivity contribution in [1.82, 2.24) is 0 Å². The van der Waals surface area contributed by atoms with Gasteiger partial charge in [0.2, 0.25) is 0 Å². The number of phenols is 1. The molecule has 0 spiro atoms. The van der Waals surface area contributed by atoms with E-state index in [4.69, 9.17) is 4.74 Å². The Labute approximate surface area is 122 Å². The first-order chi connectivity index (χ1) is 10.1. The number of hydrogen-bond acceptors (Lipinski definition) is 4. The van der Waals surface area contributed by atoms with Crippen molar-refractivity contribution in [3.8, 4) is 17.6 Å². The summed E-state index contributed by atoms with van der Waals surface area (Å²) in [5.41, 5.74) is 1.13. The maximum absolute atomic E-state index is 13.2. The molecule has 2 N–H and O–H groups in total. The number of hydrogen-bond donors (Lipinski definition) is 2. The van der Waals surface area contributed by atoms with Crippen molar-refractivity contribution in [2.45, 2.75) is 13.0 Å². The van der Waals surface area contributed by atoms with Gasteiger partial charge < -0.3 is 15.2 Å². The smallest absolute Gasteiger partial charge is 0.161 e. The summed E-state index contributed by atoms with van der Waals surface area (Å²) in [6, 6.07) is 12.0. The van der Waals surface area contributed by atoms with E-state index in [2.05, 4.69) is 11.4 Å². The fourth-order valence-electron chi connectivity index (χ4n) is 1.92. The molecule has 5 heteroatoms. The van der Waals surface area contributed by atoms with Gasteiger partial charge in [0.1, 0.15) is 11.9 Å². The first-order valence-electron chi connectivity index (χ1n) is 6.51. The number of halogens is 1. The lowest BCUT2D eigenvalue weighted by molar-refractivity contribution is 0.317. The van der Waals surface area contributed by atoms with Crippen LogP contribution in [-0.4, -0.2) is 11.7 Å². The number of nitriles is 1. The van der Waals surface area contributed by atoms with Gasteiger partial charge in [0.25, 0.3) is 0 Å². The van der Waals surface area contributed by atoms with Gasteiger partial charge in [-0.3, -0.25) is 0 Å². The Balaban J connectivity index is 2.25. The fourth-order valence-corrected chi connectivity index (χ4v) is 1.92. The highest BCUT2D eigenvalue weighted by Crippen LogP contribution is 2.30. The molecule has 0 amide bonds. The summed E-state index contributed by atoms with van der Waals surface area (Å²) in [5, 5.41) is 21.9. The number of anilines is 1. The van der Waals surface area contributed by atoms with Gasteiger partial charge in [0, 0.05) is 5.69 Å². The molecule has 0 aliphatic rings. The second-order valence-electron chi connectivity index (χ2n) is 4.38. The van der Waals surface area contributed by atoms with Crippen molar-refractivity contribution in [3.05, 3.63) is 53.8 Å². The van der Waals surface area contributed by atoms with E-state index in [1.165, 1.54) is 18.2 Å². The maximum atomic E-state index is 13.2. The van der Waals surface area contributed by atoms with Gasteiger partial charge in [-0.15, -0.1) is 0 Å². The van der Waals surface area contributed by atoms with Crippen LogP contribution in [0.5, 0.6) is 11.5 Å². The van der Waals surface area contributed by atoms with Crippen LogP contribution in [0.4, 0.5) is 10.1 Å². The molecular weight excluding hydrogens is 271 g/mol. The Kier molecular flexibility index (Phi) is 4.62. The normalized spacial score (nSPS) is 11.5. The summed E-state index contributed by atoms with van der Waals surface area (Å²) in [7, 11) is 0. The largest absolute Gasteiger partial charge is 0.504 e. The van der Waals surface area contributed by atoms with Crippen molar-refractivity contribution in [2.24, 2.45) is 0 Å². The van der Waals surface area contributed by atoms with Gasteiger partial charge in [0.05, 0.1) is 12.7 Å². The first-order valence-corrected chi connectivity index (χ1v) is 6.51. The highest BCUT2D eigenvalue weighted by molar-refractivity contribution is 5.50. The molecular formula is C16H15FN2O2. The van der Waals surface area contributed by atoms with Crippen molar-refractivity contribution in [3.63, 3.8) is 0 Å². The summed E-state index contributed by atoms with van der Waals surface area (Å²) >= 11 is 0. The number of nitrogens with zero attached hydrogens (tertiary/aromatic N) is 1. The molecule has 0 saturated heterocycles. The maximum Gasteiger partial charge on any atom is 0.161 e. The number of rotatable bonds is 5. The van der Waals surface area contributed by atoms with E-state index in [0.717, 1.165) is 0 Å². The van der Waals surface area contributed by atoms with Gasteiger partial charge in [-0.1, -0.05) is 12.1 Å². The van der Waals surface area contributed by atoms with Crippen molar-refractivity contribution < 1.29 is 14.2 Å². The summed E-state index contributed by atoms with van der Waals surface area (Å²) in [5.74, 6) is -0.0447. The van der Waals surface area contributed by atoms with Crippen LogP contribution < -0.4 is 10.1 Å². The average molecular weight is 286 g/mol. The van der Waals surface area contributed by atoms with Crippen LogP contribution in [0.2, 0.25) is 0 Å². The third kappa shape index (κ3) is 3.63. The summed E-state index contributed by atoms with van der Waals surface area (Å²) in [6.45, 7) is 2.21. The molecule has 1 unspecified atom stereocenters. The van der Waals surface area contributed by atoms with E-state index < -0.39 is 6.04 Å². The Morgan fingerprint density at radius 2 is 2.14 bits per heavy atom. The second-order valence-corrected chi connectivity index (χ2v) is 4.38. The molecule has 0 bridgehead atoms. The first kappa shape index (κ1) is 14.7. The second kappa shape index (κ2) is 6.62. The zero-order chi connectivity index (χ0) is 15.2. The van der Waals surface area contributed by atoms with Crippen LogP contribution in [0, 0.1) is 17.1 Å². The monoisotopic (exact) mass is 286 g/mol. The van der Waals surface area contributed by atoms with Gasteiger partial charge >= 0.3 is 0 Å². The van der Waals surface area contributed by atoms with Crippen molar-refractivity contribution in [1.29, 1.82) is 5.26 Å². The van der Waals surface area contributed by atoms with E-state index in [1.807, 2.05) is 0 Å². The molecule has 2 rings (SSSR count). The molecule has 0 aliphatic heterocycles. The van der Waals surface area contributed by atoms with Crippen LogP contribution in [-0.2, 0) is 0 Å². The molecule has 2 aromatic rings. The summed E-state index contributed by atoms with van der Waals surface area (Å²) in [4.78, 5) is 0. The molecule has 1 atom stereocenters. The SMILES string of the molecule is CCOc1cc(C(C#N)Nc2cccc(F)c2)ccc1O. The van der Waals surface area contributed by atoms with Crippen molar-refractivity contribution in [2.75, 3.05) is 11.9 Å². The number of ether oxygens (including phenoxy) is 1. The standard InChI is InChI=1S/C16H15FN2O2/c1-2-21-16-8-11(6-7-15(16)20)14(10-18)19-13-5-3-4-12(17)9-13/h3-9,14,19-20H,2H2,1H3. The average Bonchev–Trinajstić information content (AvgIpc) is 2.47. The minimum Gasteiger partial charge on any atom is -0.504 e. The van der Waals surface area contributed by atoms with E-state index >= 15 is 0 Å². The van der Waals surface area contributed by atoms with Gasteiger partial charge in [0.15, 0.2) is 11.5 Å². The molecule has 0 radical (unpaired) electrons. The topological polar surface area (TPSA) is 65.3 Å². The Morgan fingerprint density at radius 1 is 1.33 bits per heavy atom. The predicted molar refractivity (Wildman–Crippen MR) is 77.7 cm³/mol. The van der Waals surface area contributed by atoms with Crippen LogP contribution in [0.1, 0.15) is 18.5 Å². The summed E-state index contributed by atoms with van der Waals surface area (Å²) < 4.78 is 18.5. The minimum atomic E-state index is -0.674. The Morgan fingerprint density at radius 3 is 2.81 bits per heavy atom. The third-order valence-corrected chi connectivity index (χ3v) is 2.88. The van der Waals surface area contributed by atoms with E-state index in [1.54, 1.807) is 31.2 Å². The molecule has 0 fully saturated rings. The van der Waals surface area contributed by atoms with E-state index in [9.17, 15) is 14.8 Å². The zero-order valence-corrected chi connectivity index (χ0v) is 11.5. The quantitative estimate of drug-likeness (QED) is 0.881. The Hall–Kier alpha value is -2.74. The third-order valence-electron chi connectivity index (χ3n) is 2.88. The van der Waals surface area contributed by atoms with Gasteiger partial charge in [-0.2, -0.15) is 5.26 Å². The van der Waals surface area contributed by atoms with E-state index in [-0.39, 0.29) is 11.6 Å².